The van der Waals surface area contributed by atoms with Crippen molar-refractivity contribution in [1.82, 2.24) is 0 Å². The van der Waals surface area contributed by atoms with Crippen molar-refractivity contribution in [2.75, 3.05) is 0 Å². The van der Waals surface area contributed by atoms with Crippen LogP contribution in [-0.4, -0.2) is 5.71 Å². The van der Waals surface area contributed by atoms with Crippen LogP contribution in [0.1, 0.15) is 25.0 Å². The second kappa shape index (κ2) is 4.31. The predicted molar refractivity (Wildman–Crippen MR) is 69.2 cm³/mol. The van der Waals surface area contributed by atoms with Crippen LogP contribution in [-0.2, 0) is 0 Å². The normalized spacial score (nSPS) is 11.2. The van der Waals surface area contributed by atoms with Crippen LogP contribution in [0.4, 0.5) is 0 Å². The van der Waals surface area contributed by atoms with E-state index < -0.39 is 0 Å². The van der Waals surface area contributed by atoms with Crippen LogP contribution >= 0.6 is 0 Å². The van der Waals surface area contributed by atoms with E-state index in [0.29, 0.717) is 5.71 Å². The van der Waals surface area contributed by atoms with Crippen molar-refractivity contribution in [3.8, 4) is 11.1 Å². The van der Waals surface area contributed by atoms with Crippen molar-refractivity contribution < 1.29 is 0 Å². The van der Waals surface area contributed by atoms with Crippen molar-refractivity contribution in [2.45, 2.75) is 13.8 Å². The first-order valence-corrected chi connectivity index (χ1v) is 5.65. The molecule has 80 valence electrons. The minimum Gasteiger partial charge on any atom is -0.300 e. The fraction of sp³-hybridized carbons (Fsp3) is 0.133. The van der Waals surface area contributed by atoms with E-state index in [1.165, 1.54) is 11.1 Å². The van der Waals surface area contributed by atoms with Gasteiger partial charge in [0.25, 0.3) is 0 Å². The molecule has 2 aromatic rings. The first-order chi connectivity index (χ1) is 7.88. The van der Waals surface area contributed by atoms with Gasteiger partial charge in [0.15, 0.2) is 0 Å². The molecule has 0 fully saturated rings. The Kier molecular flexibility index (Phi) is 2.86. The van der Waals surface area contributed by atoms with Crippen molar-refractivity contribution in [3.05, 3.63) is 59.7 Å². The summed E-state index contributed by atoms with van der Waals surface area (Å²) in [6.07, 6.45) is 0. The smallest absolute Gasteiger partial charge is 0.0697 e. The van der Waals surface area contributed by atoms with Crippen LogP contribution < -0.4 is 0 Å². The largest absolute Gasteiger partial charge is 0.300 e. The molecule has 0 amide bonds. The van der Waals surface area contributed by atoms with Gasteiger partial charge in [0.05, 0.1) is 5.71 Å². The molecule has 0 heterocycles. The first-order valence-electron chi connectivity index (χ1n) is 5.65. The number of benzene rings is 2. The molecular weight excluding hydrogens is 194 g/mol. The zero-order valence-electron chi connectivity index (χ0n) is 9.62. The van der Waals surface area contributed by atoms with Gasteiger partial charge >= 0.3 is 0 Å². The molecule has 16 heavy (non-hydrogen) atoms. The highest BCUT2D eigenvalue weighted by atomic mass is 14.5. The highest BCUT2D eigenvalue weighted by Crippen LogP contribution is 2.35. The Balaban J connectivity index is 0.000000457. The molecule has 0 aromatic heterocycles. The van der Waals surface area contributed by atoms with Gasteiger partial charge in [0.2, 0.25) is 0 Å². The van der Waals surface area contributed by atoms with Crippen molar-refractivity contribution in [3.63, 3.8) is 0 Å². The van der Waals surface area contributed by atoms with Crippen LogP contribution in [0, 0.1) is 5.41 Å². The number of rotatable bonds is 0. The second-order valence-electron chi connectivity index (χ2n) is 3.47. The van der Waals surface area contributed by atoms with E-state index in [4.69, 9.17) is 5.41 Å². The summed E-state index contributed by atoms with van der Waals surface area (Å²) < 4.78 is 0. The quantitative estimate of drug-likeness (QED) is 0.576. The molecule has 1 aliphatic carbocycles. The standard InChI is InChI=1S/C13H9N.C2H6/c14-13-11-7-3-1-5-9(11)10-6-2-4-8-12(10)13;1-2/h1-8,14H;1-2H3. The van der Waals surface area contributed by atoms with Gasteiger partial charge < -0.3 is 0 Å². The molecule has 0 radical (unpaired) electrons. The molecule has 0 saturated carbocycles. The number of hydrogen-bond donors (Lipinski definition) is 1. The number of fused-ring (bicyclic) bond motifs is 3. The van der Waals surface area contributed by atoms with Gasteiger partial charge in [0, 0.05) is 11.1 Å². The summed E-state index contributed by atoms with van der Waals surface area (Å²) in [4.78, 5) is 0. The highest BCUT2D eigenvalue weighted by molar-refractivity contribution is 6.22. The Hall–Kier alpha value is -1.89. The first kappa shape index (κ1) is 10.6. The lowest BCUT2D eigenvalue weighted by atomic mass is 10.1. The third-order valence-electron chi connectivity index (χ3n) is 2.68. The lowest BCUT2D eigenvalue weighted by Gasteiger charge is -1.97. The van der Waals surface area contributed by atoms with Gasteiger partial charge in [-0.15, -0.1) is 0 Å². The fourth-order valence-corrected chi connectivity index (χ4v) is 2.02. The molecule has 2 aromatic carbocycles. The van der Waals surface area contributed by atoms with E-state index in [9.17, 15) is 0 Å². The molecule has 1 N–H and O–H groups in total. The van der Waals surface area contributed by atoms with E-state index in [1.54, 1.807) is 0 Å². The molecule has 0 spiro atoms. The fourth-order valence-electron chi connectivity index (χ4n) is 2.02. The summed E-state index contributed by atoms with van der Waals surface area (Å²) in [7, 11) is 0. The number of hydrogen-bond acceptors (Lipinski definition) is 1. The topological polar surface area (TPSA) is 23.9 Å². The average Bonchev–Trinajstić information content (AvgIpc) is 2.67. The molecule has 0 unspecified atom stereocenters. The molecule has 1 heteroatoms. The van der Waals surface area contributed by atoms with E-state index in [2.05, 4.69) is 12.1 Å². The van der Waals surface area contributed by atoms with E-state index in [-0.39, 0.29) is 0 Å². The Morgan fingerprint density at radius 2 is 0.938 bits per heavy atom. The van der Waals surface area contributed by atoms with Crippen LogP contribution in [0.25, 0.3) is 11.1 Å². The van der Waals surface area contributed by atoms with Crippen LogP contribution in [0.5, 0.6) is 0 Å². The Morgan fingerprint density at radius 3 is 1.31 bits per heavy atom. The zero-order valence-corrected chi connectivity index (χ0v) is 9.62. The van der Waals surface area contributed by atoms with Gasteiger partial charge in [-0.3, -0.25) is 5.41 Å². The molecule has 0 atom stereocenters. The molecule has 3 rings (SSSR count). The van der Waals surface area contributed by atoms with Gasteiger partial charge in [-0.05, 0) is 11.1 Å². The van der Waals surface area contributed by atoms with Crippen molar-refractivity contribution in [2.24, 2.45) is 0 Å². The summed E-state index contributed by atoms with van der Waals surface area (Å²) in [5.74, 6) is 0. The Bertz CT molecular complexity index is 479. The van der Waals surface area contributed by atoms with Gasteiger partial charge in [-0.2, -0.15) is 0 Å². The third-order valence-corrected chi connectivity index (χ3v) is 2.68. The van der Waals surface area contributed by atoms with Gasteiger partial charge in [-0.1, -0.05) is 62.4 Å². The summed E-state index contributed by atoms with van der Waals surface area (Å²) in [5, 5.41) is 8.01. The van der Waals surface area contributed by atoms with Gasteiger partial charge in [-0.25, -0.2) is 0 Å². The summed E-state index contributed by atoms with van der Waals surface area (Å²) in [6, 6.07) is 16.2. The molecule has 0 aliphatic heterocycles. The third kappa shape index (κ3) is 1.45. The minimum atomic E-state index is 0.649. The predicted octanol–water partition coefficient (Wildman–Crippen LogP) is 4.11. The van der Waals surface area contributed by atoms with Gasteiger partial charge in [0.1, 0.15) is 0 Å². The Morgan fingerprint density at radius 1 is 0.625 bits per heavy atom. The van der Waals surface area contributed by atoms with E-state index in [1.807, 2.05) is 50.2 Å². The maximum absolute atomic E-state index is 8.01. The molecule has 1 nitrogen and oxygen atoms in total. The van der Waals surface area contributed by atoms with Crippen molar-refractivity contribution >= 4 is 5.71 Å². The molecule has 0 bridgehead atoms. The summed E-state index contributed by atoms with van der Waals surface area (Å²) in [5.41, 5.74) is 5.12. The maximum atomic E-state index is 8.01. The van der Waals surface area contributed by atoms with Crippen LogP contribution in [0.2, 0.25) is 0 Å². The lowest BCUT2D eigenvalue weighted by Crippen LogP contribution is -1.93. The molecule has 0 saturated heterocycles. The SMILES string of the molecule is CC.N=C1c2ccccc2-c2ccccc21. The monoisotopic (exact) mass is 209 g/mol. The van der Waals surface area contributed by atoms with E-state index in [0.717, 1.165) is 11.1 Å². The average molecular weight is 209 g/mol. The molecule has 1 aliphatic rings. The van der Waals surface area contributed by atoms with Crippen LogP contribution in [0.3, 0.4) is 0 Å². The molecular formula is C15H15N. The summed E-state index contributed by atoms with van der Waals surface area (Å²) in [6.45, 7) is 4.00. The maximum Gasteiger partial charge on any atom is 0.0697 e. The van der Waals surface area contributed by atoms with Crippen LogP contribution in [0.15, 0.2) is 48.5 Å². The Labute approximate surface area is 96.3 Å². The lowest BCUT2D eigenvalue weighted by molar-refractivity contribution is 1.50. The van der Waals surface area contributed by atoms with E-state index >= 15 is 0 Å². The number of nitrogens with one attached hydrogen (secondary N) is 1. The zero-order chi connectivity index (χ0) is 11.5. The minimum absolute atomic E-state index is 0.649. The highest BCUT2D eigenvalue weighted by Gasteiger charge is 2.21. The summed E-state index contributed by atoms with van der Waals surface area (Å²) >= 11 is 0. The second-order valence-corrected chi connectivity index (χ2v) is 3.47. The van der Waals surface area contributed by atoms with Crippen molar-refractivity contribution in [1.29, 1.82) is 5.41 Å².